The summed E-state index contributed by atoms with van der Waals surface area (Å²) < 4.78 is 35.7. The van der Waals surface area contributed by atoms with E-state index in [-0.39, 0.29) is 11.3 Å². The van der Waals surface area contributed by atoms with E-state index in [9.17, 15) is 13.6 Å². The highest BCUT2D eigenvalue weighted by Crippen LogP contribution is 2.18. The molecule has 0 heterocycles. The van der Waals surface area contributed by atoms with Crippen molar-refractivity contribution in [3.63, 3.8) is 0 Å². The van der Waals surface area contributed by atoms with Gasteiger partial charge in [0.15, 0.2) is 0 Å². The average molecular weight is 264 g/mol. The first-order valence-electron chi connectivity index (χ1n) is 5.41. The van der Waals surface area contributed by atoms with Crippen LogP contribution in [0.5, 0.6) is 11.5 Å². The monoisotopic (exact) mass is 264 g/mol. The van der Waals surface area contributed by atoms with E-state index in [1.165, 1.54) is 19.2 Å². The zero-order chi connectivity index (χ0) is 13.8. The number of methoxy groups -OCH3 is 1. The molecule has 0 radical (unpaired) electrons. The SMILES string of the molecule is COc1cccc(C(=O)Oc2cc(F)cc(F)c2)c1. The standard InChI is InChI=1S/C14H10F2O3/c1-18-12-4-2-3-9(5-12)14(17)19-13-7-10(15)6-11(16)8-13/h2-8H,1H3. The lowest BCUT2D eigenvalue weighted by atomic mass is 10.2. The van der Waals surface area contributed by atoms with Gasteiger partial charge in [-0.25, -0.2) is 13.6 Å². The lowest BCUT2D eigenvalue weighted by molar-refractivity contribution is 0.0733. The van der Waals surface area contributed by atoms with Gasteiger partial charge in [0, 0.05) is 18.2 Å². The number of hydrogen-bond acceptors (Lipinski definition) is 3. The summed E-state index contributed by atoms with van der Waals surface area (Å²) in [6.07, 6.45) is 0. The van der Waals surface area contributed by atoms with E-state index >= 15 is 0 Å². The maximum absolute atomic E-state index is 12.9. The Morgan fingerprint density at radius 3 is 2.32 bits per heavy atom. The summed E-state index contributed by atoms with van der Waals surface area (Å²) in [5.41, 5.74) is 0.226. The van der Waals surface area contributed by atoms with Crippen molar-refractivity contribution in [3.8, 4) is 11.5 Å². The number of carbonyl (C=O) groups is 1. The van der Waals surface area contributed by atoms with Crippen LogP contribution >= 0.6 is 0 Å². The third-order valence-corrected chi connectivity index (χ3v) is 2.35. The molecular formula is C14H10F2O3. The lowest BCUT2D eigenvalue weighted by Gasteiger charge is -2.06. The molecule has 19 heavy (non-hydrogen) atoms. The molecule has 0 aliphatic carbocycles. The molecular weight excluding hydrogens is 254 g/mol. The van der Waals surface area contributed by atoms with Crippen LogP contribution in [0.2, 0.25) is 0 Å². The Balaban J connectivity index is 2.20. The van der Waals surface area contributed by atoms with Gasteiger partial charge < -0.3 is 9.47 Å². The molecule has 0 fully saturated rings. The van der Waals surface area contributed by atoms with Gasteiger partial charge in [0.1, 0.15) is 23.1 Å². The first-order valence-corrected chi connectivity index (χ1v) is 5.41. The van der Waals surface area contributed by atoms with Gasteiger partial charge in [-0.1, -0.05) is 6.07 Å². The normalized spacial score (nSPS) is 10.1. The minimum absolute atomic E-state index is 0.190. The highest BCUT2D eigenvalue weighted by atomic mass is 19.1. The Bertz CT molecular complexity index is 591. The minimum atomic E-state index is -0.812. The number of benzene rings is 2. The Morgan fingerprint density at radius 2 is 1.68 bits per heavy atom. The van der Waals surface area contributed by atoms with E-state index in [4.69, 9.17) is 9.47 Å². The van der Waals surface area contributed by atoms with Gasteiger partial charge in [-0.15, -0.1) is 0 Å². The van der Waals surface area contributed by atoms with Crippen LogP contribution < -0.4 is 9.47 Å². The molecule has 0 atom stereocenters. The van der Waals surface area contributed by atoms with Crippen molar-refractivity contribution in [2.45, 2.75) is 0 Å². The second-order valence-electron chi connectivity index (χ2n) is 3.73. The highest BCUT2D eigenvalue weighted by molar-refractivity contribution is 5.91. The maximum Gasteiger partial charge on any atom is 0.343 e. The summed E-state index contributed by atoms with van der Waals surface area (Å²) in [6, 6.07) is 8.82. The number of esters is 1. The van der Waals surface area contributed by atoms with Crippen LogP contribution in [-0.4, -0.2) is 13.1 Å². The summed E-state index contributed by atoms with van der Waals surface area (Å²) in [4.78, 5) is 11.8. The third-order valence-electron chi connectivity index (χ3n) is 2.35. The van der Waals surface area contributed by atoms with Crippen molar-refractivity contribution in [3.05, 3.63) is 59.7 Å². The van der Waals surface area contributed by atoms with Crippen LogP contribution in [0.25, 0.3) is 0 Å². The fraction of sp³-hybridized carbons (Fsp3) is 0.0714. The van der Waals surface area contributed by atoms with Crippen LogP contribution in [0, 0.1) is 11.6 Å². The number of carbonyl (C=O) groups excluding carboxylic acids is 1. The lowest BCUT2D eigenvalue weighted by Crippen LogP contribution is -2.08. The van der Waals surface area contributed by atoms with Crippen molar-refractivity contribution in [1.29, 1.82) is 0 Å². The van der Waals surface area contributed by atoms with Crippen molar-refractivity contribution >= 4 is 5.97 Å². The molecule has 2 aromatic carbocycles. The van der Waals surface area contributed by atoms with Gasteiger partial charge >= 0.3 is 5.97 Å². The molecule has 2 aromatic rings. The van der Waals surface area contributed by atoms with Gasteiger partial charge in [-0.05, 0) is 18.2 Å². The summed E-state index contributed by atoms with van der Waals surface area (Å²) in [5.74, 6) is -2.05. The molecule has 5 heteroatoms. The highest BCUT2D eigenvalue weighted by Gasteiger charge is 2.11. The van der Waals surface area contributed by atoms with Crippen LogP contribution in [0.3, 0.4) is 0 Å². The predicted octanol–water partition coefficient (Wildman–Crippen LogP) is 3.19. The topological polar surface area (TPSA) is 35.5 Å². The smallest absolute Gasteiger partial charge is 0.343 e. The largest absolute Gasteiger partial charge is 0.497 e. The zero-order valence-electron chi connectivity index (χ0n) is 10.0. The fourth-order valence-electron chi connectivity index (χ4n) is 1.50. The molecule has 0 saturated carbocycles. The van der Waals surface area contributed by atoms with Crippen LogP contribution in [0.1, 0.15) is 10.4 Å². The Hall–Kier alpha value is -2.43. The van der Waals surface area contributed by atoms with Crippen molar-refractivity contribution in [1.82, 2.24) is 0 Å². The average Bonchev–Trinajstić information content (AvgIpc) is 2.37. The molecule has 2 rings (SSSR count). The summed E-state index contributed by atoms with van der Waals surface area (Å²) in [7, 11) is 1.46. The van der Waals surface area contributed by atoms with Crippen LogP contribution in [0.15, 0.2) is 42.5 Å². The van der Waals surface area contributed by atoms with Gasteiger partial charge in [-0.3, -0.25) is 0 Å². The van der Waals surface area contributed by atoms with Gasteiger partial charge in [-0.2, -0.15) is 0 Å². The Kier molecular flexibility index (Phi) is 3.75. The molecule has 0 saturated heterocycles. The van der Waals surface area contributed by atoms with Crippen molar-refractivity contribution < 1.29 is 23.0 Å². The summed E-state index contributed by atoms with van der Waals surface area (Å²) in [6.45, 7) is 0. The van der Waals surface area contributed by atoms with Gasteiger partial charge in [0.2, 0.25) is 0 Å². The van der Waals surface area contributed by atoms with E-state index in [2.05, 4.69) is 0 Å². The molecule has 0 aromatic heterocycles. The molecule has 0 aliphatic rings. The Morgan fingerprint density at radius 1 is 1.00 bits per heavy atom. The second-order valence-corrected chi connectivity index (χ2v) is 3.73. The molecule has 0 unspecified atom stereocenters. The maximum atomic E-state index is 12.9. The number of ether oxygens (including phenoxy) is 2. The first kappa shape index (κ1) is 13.0. The van der Waals surface area contributed by atoms with Crippen LogP contribution in [-0.2, 0) is 0 Å². The molecule has 0 amide bonds. The number of rotatable bonds is 3. The second kappa shape index (κ2) is 5.48. The van der Waals surface area contributed by atoms with Crippen LogP contribution in [0.4, 0.5) is 8.78 Å². The third kappa shape index (κ3) is 3.28. The quantitative estimate of drug-likeness (QED) is 0.631. The summed E-state index contributed by atoms with van der Waals surface area (Å²) in [5, 5.41) is 0. The molecule has 98 valence electrons. The van der Waals surface area contributed by atoms with E-state index in [0.717, 1.165) is 12.1 Å². The van der Waals surface area contributed by atoms with E-state index in [1.54, 1.807) is 12.1 Å². The Labute approximate surface area is 108 Å². The zero-order valence-corrected chi connectivity index (χ0v) is 10.0. The van der Waals surface area contributed by atoms with E-state index in [1.807, 2.05) is 0 Å². The molecule has 0 N–H and O–H groups in total. The van der Waals surface area contributed by atoms with Gasteiger partial charge in [0.05, 0.1) is 12.7 Å². The van der Waals surface area contributed by atoms with E-state index in [0.29, 0.717) is 11.8 Å². The predicted molar refractivity (Wildman–Crippen MR) is 64.3 cm³/mol. The van der Waals surface area contributed by atoms with Crippen molar-refractivity contribution in [2.75, 3.05) is 7.11 Å². The molecule has 0 bridgehead atoms. The van der Waals surface area contributed by atoms with Gasteiger partial charge in [0.25, 0.3) is 0 Å². The minimum Gasteiger partial charge on any atom is -0.497 e. The molecule has 0 spiro atoms. The summed E-state index contributed by atoms with van der Waals surface area (Å²) >= 11 is 0. The number of halogens is 2. The van der Waals surface area contributed by atoms with Crippen molar-refractivity contribution in [2.24, 2.45) is 0 Å². The molecule has 3 nitrogen and oxygen atoms in total. The molecule has 0 aliphatic heterocycles. The van der Waals surface area contributed by atoms with E-state index < -0.39 is 17.6 Å². The number of hydrogen-bond donors (Lipinski definition) is 0. The fourth-order valence-corrected chi connectivity index (χ4v) is 1.50. The first-order chi connectivity index (χ1) is 9.08.